The third-order valence-corrected chi connectivity index (χ3v) is 8.14. The number of para-hydroxylation sites is 1. The van der Waals surface area contributed by atoms with Crippen LogP contribution in [0.4, 0.5) is 5.69 Å². The maximum atomic E-state index is 13.5. The van der Waals surface area contributed by atoms with Gasteiger partial charge in [-0.15, -0.1) is 0 Å². The molecular weight excluding hydrogens is 436 g/mol. The van der Waals surface area contributed by atoms with E-state index in [9.17, 15) is 13.2 Å². The fourth-order valence-electron chi connectivity index (χ4n) is 4.32. The van der Waals surface area contributed by atoms with Crippen LogP contribution < -0.4 is 10.1 Å². The number of carbonyl (C=O) groups is 1. The lowest BCUT2D eigenvalue weighted by atomic mass is 9.92. The highest BCUT2D eigenvalue weighted by Gasteiger charge is 2.29. The van der Waals surface area contributed by atoms with E-state index < -0.39 is 10.0 Å². The van der Waals surface area contributed by atoms with Gasteiger partial charge in [-0.25, -0.2) is 8.42 Å². The Morgan fingerprint density at radius 3 is 2.03 bits per heavy atom. The van der Waals surface area contributed by atoms with Gasteiger partial charge in [0, 0.05) is 24.3 Å². The molecule has 6 nitrogen and oxygen atoms in total. The van der Waals surface area contributed by atoms with Crippen molar-refractivity contribution >= 4 is 21.6 Å². The van der Waals surface area contributed by atoms with E-state index in [0.717, 1.165) is 42.5 Å². The van der Waals surface area contributed by atoms with Crippen LogP contribution in [0.3, 0.4) is 0 Å². The average Bonchev–Trinajstić information content (AvgIpc) is 3.08. The van der Waals surface area contributed by atoms with Crippen LogP contribution in [0.5, 0.6) is 5.75 Å². The Labute approximate surface area is 198 Å². The van der Waals surface area contributed by atoms with Crippen molar-refractivity contribution in [1.82, 2.24) is 4.31 Å². The molecule has 0 saturated carbocycles. The summed E-state index contributed by atoms with van der Waals surface area (Å²) in [6, 6.07) is 10.7. The van der Waals surface area contributed by atoms with Gasteiger partial charge >= 0.3 is 0 Å². The number of carbonyl (C=O) groups excluding carboxylic acids is 1. The molecular formula is C26H36N2O4S. The Balaban J connectivity index is 2.00. The van der Waals surface area contributed by atoms with Crippen molar-refractivity contribution < 1.29 is 17.9 Å². The molecule has 3 rings (SSSR count). The van der Waals surface area contributed by atoms with Crippen molar-refractivity contribution in [1.29, 1.82) is 0 Å². The Hall–Kier alpha value is -2.38. The van der Waals surface area contributed by atoms with E-state index in [-0.39, 0.29) is 34.0 Å². The molecule has 1 amide bonds. The zero-order valence-corrected chi connectivity index (χ0v) is 21.2. The molecule has 0 radical (unpaired) electrons. The van der Waals surface area contributed by atoms with Gasteiger partial charge in [0.25, 0.3) is 5.91 Å². The van der Waals surface area contributed by atoms with Crippen LogP contribution in [0, 0.1) is 0 Å². The Bertz CT molecular complexity index is 1060. The summed E-state index contributed by atoms with van der Waals surface area (Å²) in [4.78, 5) is 13.4. The number of hydrogen-bond acceptors (Lipinski definition) is 4. The summed E-state index contributed by atoms with van der Waals surface area (Å²) < 4.78 is 33.8. The van der Waals surface area contributed by atoms with Gasteiger partial charge in [-0.2, -0.15) is 4.31 Å². The molecule has 1 fully saturated rings. The van der Waals surface area contributed by atoms with Crippen molar-refractivity contribution in [2.45, 2.75) is 70.1 Å². The predicted molar refractivity (Wildman–Crippen MR) is 133 cm³/mol. The quantitative estimate of drug-likeness (QED) is 0.556. The van der Waals surface area contributed by atoms with Gasteiger partial charge in [0.1, 0.15) is 10.6 Å². The lowest BCUT2D eigenvalue weighted by Gasteiger charge is -2.22. The van der Waals surface area contributed by atoms with E-state index in [1.165, 1.54) is 17.5 Å². The van der Waals surface area contributed by atoms with Gasteiger partial charge in [0.15, 0.2) is 0 Å². The summed E-state index contributed by atoms with van der Waals surface area (Å²) in [5.74, 6) is 0.379. The third kappa shape index (κ3) is 5.58. The van der Waals surface area contributed by atoms with Crippen LogP contribution in [-0.2, 0) is 10.0 Å². The number of nitrogens with one attached hydrogen (secondary N) is 1. The molecule has 1 aliphatic heterocycles. The molecule has 1 aliphatic rings. The van der Waals surface area contributed by atoms with E-state index >= 15 is 0 Å². The van der Waals surface area contributed by atoms with Crippen molar-refractivity contribution in [2.75, 3.05) is 25.5 Å². The van der Waals surface area contributed by atoms with Crippen molar-refractivity contribution in [3.63, 3.8) is 0 Å². The van der Waals surface area contributed by atoms with E-state index in [2.05, 4.69) is 33.0 Å². The number of sulfonamides is 1. The van der Waals surface area contributed by atoms with Crippen LogP contribution in [0.2, 0.25) is 0 Å². The highest BCUT2D eigenvalue weighted by Crippen LogP contribution is 2.34. The van der Waals surface area contributed by atoms with E-state index in [1.54, 1.807) is 12.1 Å². The third-order valence-electron chi connectivity index (χ3n) is 6.22. The highest BCUT2D eigenvalue weighted by atomic mass is 32.2. The number of ether oxygens (including phenoxy) is 1. The topological polar surface area (TPSA) is 75.7 Å². The molecule has 0 aliphatic carbocycles. The number of amides is 1. The molecule has 180 valence electrons. The second-order valence-corrected chi connectivity index (χ2v) is 11.2. The normalized spacial score (nSPS) is 15.5. The fraction of sp³-hybridized carbons (Fsp3) is 0.500. The smallest absolute Gasteiger partial charge is 0.255 e. The average molecular weight is 473 g/mol. The minimum absolute atomic E-state index is 0.0424. The van der Waals surface area contributed by atoms with Gasteiger partial charge in [0.05, 0.1) is 7.11 Å². The molecule has 0 atom stereocenters. The van der Waals surface area contributed by atoms with Crippen LogP contribution in [0.25, 0.3) is 0 Å². The monoisotopic (exact) mass is 472 g/mol. The molecule has 0 spiro atoms. The molecule has 1 N–H and O–H groups in total. The van der Waals surface area contributed by atoms with Gasteiger partial charge in [-0.05, 0) is 54.0 Å². The standard InChI is InChI=1S/C26H36N2O4S/c1-18(2)21-11-10-12-22(19(3)4)25(21)27-26(29)20-13-14-23(32-5)24(17-20)33(30,31)28-15-8-6-7-9-16-28/h10-14,17-19H,6-9,15-16H2,1-5H3,(H,27,29). The first-order valence-corrected chi connectivity index (χ1v) is 13.2. The predicted octanol–water partition coefficient (Wildman–Crippen LogP) is 5.76. The maximum absolute atomic E-state index is 13.5. The Morgan fingerprint density at radius 1 is 0.939 bits per heavy atom. The molecule has 0 bridgehead atoms. The number of nitrogens with zero attached hydrogens (tertiary/aromatic N) is 1. The van der Waals surface area contributed by atoms with Crippen molar-refractivity contribution in [3.05, 3.63) is 53.1 Å². The second-order valence-electron chi connectivity index (χ2n) is 9.26. The zero-order chi connectivity index (χ0) is 24.2. The summed E-state index contributed by atoms with van der Waals surface area (Å²) in [6.45, 7) is 9.34. The molecule has 0 aromatic heterocycles. The van der Waals surface area contributed by atoms with Crippen LogP contribution in [-0.4, -0.2) is 38.8 Å². The number of methoxy groups -OCH3 is 1. The van der Waals surface area contributed by atoms with Gasteiger partial charge in [-0.3, -0.25) is 4.79 Å². The Morgan fingerprint density at radius 2 is 1.52 bits per heavy atom. The van der Waals surface area contributed by atoms with Crippen molar-refractivity contribution in [3.8, 4) is 5.75 Å². The number of benzene rings is 2. The number of rotatable bonds is 7. The van der Waals surface area contributed by atoms with Crippen LogP contribution in [0.1, 0.15) is 86.7 Å². The SMILES string of the molecule is COc1ccc(C(=O)Nc2c(C(C)C)cccc2C(C)C)cc1S(=O)(=O)N1CCCCCC1. The van der Waals surface area contributed by atoms with Gasteiger partial charge in [0.2, 0.25) is 10.0 Å². The highest BCUT2D eigenvalue weighted by molar-refractivity contribution is 7.89. The molecule has 1 heterocycles. The first-order valence-electron chi connectivity index (χ1n) is 11.8. The molecule has 2 aromatic carbocycles. The summed E-state index contributed by atoms with van der Waals surface area (Å²) >= 11 is 0. The lowest BCUT2D eigenvalue weighted by Crippen LogP contribution is -2.32. The zero-order valence-electron chi connectivity index (χ0n) is 20.3. The molecule has 2 aromatic rings. The summed E-state index contributed by atoms with van der Waals surface area (Å²) in [5.41, 5.74) is 3.21. The number of anilines is 1. The van der Waals surface area contributed by atoms with E-state index in [0.29, 0.717) is 13.1 Å². The maximum Gasteiger partial charge on any atom is 0.255 e. The molecule has 1 saturated heterocycles. The minimum Gasteiger partial charge on any atom is -0.495 e. The van der Waals surface area contributed by atoms with Crippen LogP contribution in [0.15, 0.2) is 41.3 Å². The summed E-state index contributed by atoms with van der Waals surface area (Å²) in [7, 11) is -2.32. The van der Waals surface area contributed by atoms with E-state index in [4.69, 9.17) is 4.74 Å². The van der Waals surface area contributed by atoms with Gasteiger partial charge < -0.3 is 10.1 Å². The van der Waals surface area contributed by atoms with E-state index in [1.807, 2.05) is 18.2 Å². The first kappa shape index (κ1) is 25.2. The molecule has 7 heteroatoms. The minimum atomic E-state index is -3.77. The number of hydrogen-bond donors (Lipinski definition) is 1. The summed E-state index contributed by atoms with van der Waals surface area (Å²) in [6.07, 6.45) is 3.73. The van der Waals surface area contributed by atoms with Crippen LogP contribution >= 0.6 is 0 Å². The largest absolute Gasteiger partial charge is 0.495 e. The first-order chi connectivity index (χ1) is 15.7. The van der Waals surface area contributed by atoms with Gasteiger partial charge in [-0.1, -0.05) is 58.7 Å². The van der Waals surface area contributed by atoms with Crippen molar-refractivity contribution in [2.24, 2.45) is 0 Å². The summed E-state index contributed by atoms with van der Waals surface area (Å²) in [5, 5.41) is 3.08. The Kier molecular flexibility index (Phi) is 8.19. The molecule has 33 heavy (non-hydrogen) atoms. The second kappa shape index (κ2) is 10.7. The lowest BCUT2D eigenvalue weighted by molar-refractivity contribution is 0.102. The fourth-order valence-corrected chi connectivity index (χ4v) is 6.02. The molecule has 0 unspecified atom stereocenters.